The number of aromatic hydroxyl groups is 1. The number of halogens is 1. The first-order chi connectivity index (χ1) is 11.6. The lowest BCUT2D eigenvalue weighted by molar-refractivity contribution is 0.295. The predicted molar refractivity (Wildman–Crippen MR) is 86.0 cm³/mol. The number of ether oxygens (including phenoxy) is 2. The summed E-state index contributed by atoms with van der Waals surface area (Å²) in [4.78, 5) is 11.8. The van der Waals surface area contributed by atoms with Gasteiger partial charge in [0, 0.05) is 6.07 Å². The number of hydrogen-bond donors (Lipinski definition) is 2. The van der Waals surface area contributed by atoms with Gasteiger partial charge in [-0.2, -0.15) is 4.68 Å². The Bertz CT molecular complexity index is 922. The fourth-order valence-electron chi connectivity index (χ4n) is 2.20. The number of benzene rings is 2. The highest BCUT2D eigenvalue weighted by Gasteiger charge is 2.15. The normalized spacial score (nSPS) is 10.6. The molecule has 8 nitrogen and oxygen atoms in total. The number of nitrogens with one attached hydrogen (secondary N) is 1. The van der Waals surface area contributed by atoms with E-state index < -0.39 is 5.69 Å². The number of aromatic amines is 1. The molecule has 3 aromatic rings. The van der Waals surface area contributed by atoms with Crippen molar-refractivity contribution in [2.45, 2.75) is 6.61 Å². The first-order valence-electron chi connectivity index (χ1n) is 6.88. The topological polar surface area (TPSA) is 102 Å². The molecule has 0 amide bonds. The molecule has 124 valence electrons. The van der Waals surface area contributed by atoms with Crippen LogP contribution in [0.4, 0.5) is 0 Å². The second kappa shape index (κ2) is 6.63. The standard InChI is InChI=1S/C15H13ClN4O4/c1-23-13-4-2-3-12(20-15(22)17-18-19-20)10(13)8-24-14-6-5-9(21)7-11(14)16/h2-7,21H,8H2,1H3,(H,17,19,22). The molecule has 0 spiro atoms. The number of phenols is 1. The first kappa shape index (κ1) is 15.9. The van der Waals surface area contributed by atoms with Crippen LogP contribution in [0.2, 0.25) is 5.02 Å². The molecule has 2 aromatic carbocycles. The molecular formula is C15H13ClN4O4. The molecule has 0 bridgehead atoms. The zero-order valence-electron chi connectivity index (χ0n) is 12.6. The minimum Gasteiger partial charge on any atom is -0.508 e. The maximum atomic E-state index is 11.8. The maximum Gasteiger partial charge on any atom is 0.365 e. The lowest BCUT2D eigenvalue weighted by Crippen LogP contribution is -2.18. The van der Waals surface area contributed by atoms with E-state index in [1.807, 2.05) is 0 Å². The number of aromatic nitrogens is 4. The third-order valence-corrected chi connectivity index (χ3v) is 3.61. The molecule has 24 heavy (non-hydrogen) atoms. The number of phenolic OH excluding ortho intramolecular Hbond substituents is 1. The van der Waals surface area contributed by atoms with Gasteiger partial charge in [0.05, 0.1) is 23.4 Å². The van der Waals surface area contributed by atoms with E-state index >= 15 is 0 Å². The van der Waals surface area contributed by atoms with Crippen molar-refractivity contribution in [1.82, 2.24) is 20.2 Å². The van der Waals surface area contributed by atoms with E-state index in [-0.39, 0.29) is 17.4 Å². The summed E-state index contributed by atoms with van der Waals surface area (Å²) in [7, 11) is 1.52. The van der Waals surface area contributed by atoms with E-state index in [0.717, 1.165) is 4.68 Å². The predicted octanol–water partition coefficient (Wildman–Crippen LogP) is 1.90. The average Bonchev–Trinajstić information content (AvgIpc) is 2.99. The summed E-state index contributed by atoms with van der Waals surface area (Å²) in [5, 5.41) is 19.1. The van der Waals surface area contributed by atoms with Gasteiger partial charge >= 0.3 is 5.69 Å². The van der Waals surface area contributed by atoms with E-state index in [9.17, 15) is 9.90 Å². The molecule has 0 aliphatic carbocycles. The summed E-state index contributed by atoms with van der Waals surface area (Å²) in [5.74, 6) is 0.954. The molecule has 2 N–H and O–H groups in total. The van der Waals surface area contributed by atoms with Crippen LogP contribution in [0.15, 0.2) is 41.2 Å². The Morgan fingerprint density at radius 2 is 2.12 bits per heavy atom. The number of methoxy groups -OCH3 is 1. The summed E-state index contributed by atoms with van der Waals surface area (Å²) >= 11 is 6.04. The highest BCUT2D eigenvalue weighted by Crippen LogP contribution is 2.31. The molecule has 9 heteroatoms. The minimum absolute atomic E-state index is 0.0412. The van der Waals surface area contributed by atoms with Crippen LogP contribution in [0.5, 0.6) is 17.2 Å². The summed E-state index contributed by atoms with van der Waals surface area (Å²) in [6, 6.07) is 9.56. The van der Waals surface area contributed by atoms with Gasteiger partial charge in [-0.3, -0.25) is 0 Å². The van der Waals surface area contributed by atoms with Gasteiger partial charge in [-0.25, -0.2) is 9.89 Å². The monoisotopic (exact) mass is 348 g/mol. The highest BCUT2D eigenvalue weighted by atomic mass is 35.5. The lowest BCUT2D eigenvalue weighted by Gasteiger charge is -2.14. The number of H-pyrrole nitrogens is 1. The Balaban J connectivity index is 1.97. The Kier molecular flexibility index (Phi) is 4.39. The third kappa shape index (κ3) is 3.04. The summed E-state index contributed by atoms with van der Waals surface area (Å²) in [5.41, 5.74) is 0.593. The summed E-state index contributed by atoms with van der Waals surface area (Å²) in [6.07, 6.45) is 0. The van der Waals surface area contributed by atoms with Crippen molar-refractivity contribution < 1.29 is 14.6 Å². The van der Waals surface area contributed by atoms with Crippen LogP contribution in [0, 0.1) is 0 Å². The number of nitrogens with zero attached hydrogens (tertiary/aromatic N) is 3. The molecule has 0 saturated carbocycles. The zero-order valence-corrected chi connectivity index (χ0v) is 13.3. The maximum absolute atomic E-state index is 11.8. The Morgan fingerprint density at radius 1 is 1.29 bits per heavy atom. The van der Waals surface area contributed by atoms with E-state index in [4.69, 9.17) is 21.1 Å². The van der Waals surface area contributed by atoms with Crippen LogP contribution in [-0.4, -0.2) is 32.4 Å². The van der Waals surface area contributed by atoms with Crippen molar-refractivity contribution in [3.63, 3.8) is 0 Å². The van der Waals surface area contributed by atoms with Gasteiger partial charge in [0.2, 0.25) is 0 Å². The van der Waals surface area contributed by atoms with Crippen molar-refractivity contribution in [2.75, 3.05) is 7.11 Å². The van der Waals surface area contributed by atoms with Gasteiger partial charge in [0.15, 0.2) is 0 Å². The van der Waals surface area contributed by atoms with Crippen LogP contribution >= 0.6 is 11.6 Å². The van der Waals surface area contributed by atoms with Crippen molar-refractivity contribution in [1.29, 1.82) is 0 Å². The van der Waals surface area contributed by atoms with Crippen LogP contribution in [0.3, 0.4) is 0 Å². The molecule has 0 atom stereocenters. The van der Waals surface area contributed by atoms with E-state index in [0.29, 0.717) is 22.7 Å². The number of rotatable bonds is 5. The van der Waals surface area contributed by atoms with E-state index in [2.05, 4.69) is 15.5 Å². The molecule has 1 heterocycles. The van der Waals surface area contributed by atoms with Gasteiger partial charge < -0.3 is 14.6 Å². The van der Waals surface area contributed by atoms with Crippen molar-refractivity contribution in [3.05, 3.63) is 57.5 Å². The molecule has 0 unspecified atom stereocenters. The van der Waals surface area contributed by atoms with Gasteiger partial charge in [-0.1, -0.05) is 17.7 Å². The number of tetrazole rings is 1. The van der Waals surface area contributed by atoms with Gasteiger partial charge in [-0.05, 0) is 34.7 Å². The second-order valence-corrected chi connectivity index (χ2v) is 5.19. The molecule has 0 aliphatic rings. The fourth-order valence-corrected chi connectivity index (χ4v) is 2.43. The number of hydrogen-bond acceptors (Lipinski definition) is 6. The quantitative estimate of drug-likeness (QED) is 0.730. The molecule has 0 saturated heterocycles. The Labute approximate surface area is 141 Å². The van der Waals surface area contributed by atoms with E-state index in [1.165, 1.54) is 19.2 Å². The molecule has 0 fully saturated rings. The summed E-state index contributed by atoms with van der Waals surface area (Å²) < 4.78 is 12.1. The third-order valence-electron chi connectivity index (χ3n) is 3.32. The average molecular weight is 349 g/mol. The van der Waals surface area contributed by atoms with Gasteiger partial charge in [0.25, 0.3) is 0 Å². The smallest absolute Gasteiger partial charge is 0.365 e. The molecule has 0 radical (unpaired) electrons. The van der Waals surface area contributed by atoms with Crippen LogP contribution in [0.25, 0.3) is 5.69 Å². The van der Waals surface area contributed by atoms with E-state index in [1.54, 1.807) is 24.3 Å². The molecule has 0 aliphatic heterocycles. The Morgan fingerprint density at radius 3 is 2.79 bits per heavy atom. The van der Waals surface area contributed by atoms with Crippen molar-refractivity contribution >= 4 is 11.6 Å². The fraction of sp³-hybridized carbons (Fsp3) is 0.133. The van der Waals surface area contributed by atoms with Gasteiger partial charge in [0.1, 0.15) is 23.9 Å². The van der Waals surface area contributed by atoms with Gasteiger partial charge in [-0.15, -0.1) is 0 Å². The molecular weight excluding hydrogens is 336 g/mol. The van der Waals surface area contributed by atoms with Crippen LogP contribution in [0.1, 0.15) is 5.56 Å². The van der Waals surface area contributed by atoms with Crippen molar-refractivity contribution in [2.24, 2.45) is 0 Å². The van der Waals surface area contributed by atoms with Crippen LogP contribution in [-0.2, 0) is 6.61 Å². The van der Waals surface area contributed by atoms with Crippen molar-refractivity contribution in [3.8, 4) is 22.9 Å². The highest BCUT2D eigenvalue weighted by molar-refractivity contribution is 6.32. The second-order valence-electron chi connectivity index (χ2n) is 4.78. The largest absolute Gasteiger partial charge is 0.508 e. The molecule has 3 rings (SSSR count). The zero-order chi connectivity index (χ0) is 17.1. The lowest BCUT2D eigenvalue weighted by atomic mass is 10.1. The Hall–Kier alpha value is -3.00. The SMILES string of the molecule is COc1cccc(-n2nn[nH]c2=O)c1COc1ccc(O)cc1Cl. The first-order valence-corrected chi connectivity index (χ1v) is 7.26. The summed E-state index contributed by atoms with van der Waals surface area (Å²) in [6.45, 7) is 0.0726. The molecule has 1 aromatic heterocycles. The minimum atomic E-state index is -0.479. The van der Waals surface area contributed by atoms with Crippen LogP contribution < -0.4 is 15.2 Å².